The Hall–Kier alpha value is -0.610. The summed E-state index contributed by atoms with van der Waals surface area (Å²) in [5, 5.41) is 3.70. The highest BCUT2D eigenvalue weighted by molar-refractivity contribution is 5.88. The quantitative estimate of drug-likeness (QED) is 0.327. The van der Waals surface area contributed by atoms with Gasteiger partial charge in [0.2, 0.25) is 0 Å². The molecule has 4 heteroatoms. The van der Waals surface area contributed by atoms with Crippen LogP contribution in [0.3, 0.4) is 0 Å². The van der Waals surface area contributed by atoms with E-state index in [0.717, 1.165) is 5.71 Å². The lowest BCUT2D eigenvalue weighted by atomic mass is 10.3. The van der Waals surface area contributed by atoms with Gasteiger partial charge in [-0.25, -0.2) is 0 Å². The van der Waals surface area contributed by atoms with Crippen molar-refractivity contribution in [2.45, 2.75) is 19.3 Å². The van der Waals surface area contributed by atoms with Crippen LogP contribution < -0.4 is 0 Å². The number of hydrogen-bond acceptors (Lipinski definition) is 4. The van der Waals surface area contributed by atoms with Crippen LogP contribution in [0.15, 0.2) is 5.16 Å². The molecule has 4 nitrogen and oxygen atoms in total. The van der Waals surface area contributed by atoms with Crippen LogP contribution >= 0.6 is 0 Å². The van der Waals surface area contributed by atoms with Gasteiger partial charge in [0.25, 0.3) is 0 Å². The second kappa shape index (κ2) is 2.98. The Labute approximate surface area is 59.7 Å². The smallest absolute Gasteiger partial charge is 0.190 e. The first-order valence-electron chi connectivity index (χ1n) is 3.05. The van der Waals surface area contributed by atoms with Crippen molar-refractivity contribution in [1.29, 1.82) is 0 Å². The molecule has 0 aromatic rings. The lowest BCUT2D eigenvalue weighted by Gasteiger charge is -1.91. The van der Waals surface area contributed by atoms with E-state index >= 15 is 0 Å². The number of rotatable bonds is 3. The van der Waals surface area contributed by atoms with Crippen molar-refractivity contribution in [2.24, 2.45) is 5.16 Å². The first-order chi connectivity index (χ1) is 4.79. The van der Waals surface area contributed by atoms with Crippen LogP contribution in [0.2, 0.25) is 0 Å². The topological polar surface area (TPSA) is 43.3 Å². The van der Waals surface area contributed by atoms with Gasteiger partial charge < -0.3 is 14.3 Å². The summed E-state index contributed by atoms with van der Waals surface area (Å²) in [6.45, 7) is 1.84. The lowest BCUT2D eigenvalue weighted by molar-refractivity contribution is 0.0950. The van der Waals surface area contributed by atoms with Gasteiger partial charge in [-0.2, -0.15) is 0 Å². The lowest BCUT2D eigenvalue weighted by Crippen LogP contribution is -2.06. The maximum Gasteiger partial charge on any atom is 0.190 e. The van der Waals surface area contributed by atoms with Gasteiger partial charge in [-0.15, -0.1) is 0 Å². The highest BCUT2D eigenvalue weighted by Crippen LogP contribution is 2.23. The fourth-order valence-electron chi connectivity index (χ4n) is 0.770. The molecule has 1 fully saturated rings. The molecule has 0 aliphatic carbocycles. The molecule has 0 amide bonds. The van der Waals surface area contributed by atoms with Crippen LogP contribution in [0.1, 0.15) is 6.92 Å². The van der Waals surface area contributed by atoms with Crippen LogP contribution in [0.5, 0.6) is 0 Å². The molecule has 1 aliphatic heterocycles. The van der Waals surface area contributed by atoms with Crippen molar-refractivity contribution >= 4 is 5.71 Å². The van der Waals surface area contributed by atoms with Gasteiger partial charge in [0, 0.05) is 7.11 Å². The number of methoxy groups -OCH3 is 1. The predicted octanol–water partition coefficient (Wildman–Crippen LogP) is 0.380. The van der Waals surface area contributed by atoms with Crippen molar-refractivity contribution in [2.75, 3.05) is 14.2 Å². The van der Waals surface area contributed by atoms with E-state index in [1.165, 1.54) is 7.11 Å². The number of epoxide rings is 1. The molecular formula is C6H11NO3. The van der Waals surface area contributed by atoms with Crippen molar-refractivity contribution < 1.29 is 14.3 Å². The average Bonchev–Trinajstić information content (AvgIpc) is 2.66. The summed E-state index contributed by atoms with van der Waals surface area (Å²) in [5.41, 5.74) is 0.814. The summed E-state index contributed by atoms with van der Waals surface area (Å²) in [6, 6.07) is 0. The largest absolute Gasteiger partial charge is 0.399 e. The average molecular weight is 145 g/mol. The highest BCUT2D eigenvalue weighted by Gasteiger charge is 2.42. The first-order valence-corrected chi connectivity index (χ1v) is 3.05. The van der Waals surface area contributed by atoms with Crippen LogP contribution in [0, 0.1) is 0 Å². The summed E-state index contributed by atoms with van der Waals surface area (Å²) in [4.78, 5) is 4.55. The second-order valence-electron chi connectivity index (χ2n) is 2.08. The number of oxime groups is 1. The summed E-state index contributed by atoms with van der Waals surface area (Å²) >= 11 is 0. The molecule has 10 heavy (non-hydrogen) atoms. The minimum absolute atomic E-state index is 0.00458. The van der Waals surface area contributed by atoms with Crippen LogP contribution in [-0.4, -0.2) is 32.3 Å². The van der Waals surface area contributed by atoms with E-state index in [0.29, 0.717) is 0 Å². The fourth-order valence-corrected chi connectivity index (χ4v) is 0.770. The van der Waals surface area contributed by atoms with Crippen LogP contribution in [0.25, 0.3) is 0 Å². The Kier molecular flexibility index (Phi) is 2.24. The van der Waals surface area contributed by atoms with Crippen LogP contribution in [0.4, 0.5) is 0 Å². The molecule has 0 N–H and O–H groups in total. The zero-order valence-corrected chi connectivity index (χ0v) is 6.33. The number of hydrogen-bond donors (Lipinski definition) is 0. The van der Waals surface area contributed by atoms with Crippen molar-refractivity contribution in [1.82, 2.24) is 0 Å². The summed E-state index contributed by atoms with van der Waals surface area (Å²) in [7, 11) is 3.11. The molecule has 1 saturated heterocycles. The normalized spacial score (nSPS) is 32.1. The monoisotopic (exact) mass is 145 g/mol. The van der Waals surface area contributed by atoms with Gasteiger partial charge in [0.15, 0.2) is 12.4 Å². The van der Waals surface area contributed by atoms with Crippen molar-refractivity contribution in [3.8, 4) is 0 Å². The van der Waals surface area contributed by atoms with E-state index in [2.05, 4.69) is 9.99 Å². The molecule has 1 heterocycles. The molecule has 0 radical (unpaired) electrons. The second-order valence-corrected chi connectivity index (χ2v) is 2.08. The Morgan fingerprint density at radius 3 is 2.60 bits per heavy atom. The number of ether oxygens (including phenoxy) is 2. The molecule has 0 bridgehead atoms. The van der Waals surface area contributed by atoms with E-state index < -0.39 is 0 Å². The molecule has 2 unspecified atom stereocenters. The van der Waals surface area contributed by atoms with Gasteiger partial charge in [-0.05, 0) is 6.92 Å². The van der Waals surface area contributed by atoms with Crippen molar-refractivity contribution in [3.63, 3.8) is 0 Å². The maximum atomic E-state index is 5.05. The van der Waals surface area contributed by atoms with E-state index in [1.807, 2.05) is 6.92 Å². The summed E-state index contributed by atoms with van der Waals surface area (Å²) < 4.78 is 9.93. The highest BCUT2D eigenvalue weighted by atomic mass is 16.8. The predicted molar refractivity (Wildman–Crippen MR) is 35.8 cm³/mol. The molecular weight excluding hydrogens is 134 g/mol. The Morgan fingerprint density at radius 1 is 1.50 bits per heavy atom. The minimum Gasteiger partial charge on any atom is -0.399 e. The Bertz CT molecular complexity index is 146. The molecule has 58 valence electrons. The SMILES string of the molecule is CO/N=C(\C)C1OC1OC. The molecule has 0 saturated carbocycles. The van der Waals surface area contributed by atoms with Gasteiger partial charge in [0.05, 0.1) is 5.71 Å². The molecule has 1 aliphatic rings. The fraction of sp³-hybridized carbons (Fsp3) is 0.833. The van der Waals surface area contributed by atoms with E-state index in [9.17, 15) is 0 Å². The van der Waals surface area contributed by atoms with Crippen LogP contribution in [-0.2, 0) is 14.3 Å². The molecule has 1 rings (SSSR count). The standard InChI is InChI=1S/C6H11NO3/c1-4(7-9-3)5-6(8-2)10-5/h5-6H,1-3H3/b7-4+. The molecule has 2 atom stereocenters. The molecule has 0 spiro atoms. The zero-order chi connectivity index (χ0) is 7.56. The van der Waals surface area contributed by atoms with Gasteiger partial charge in [0.1, 0.15) is 7.11 Å². The van der Waals surface area contributed by atoms with E-state index in [-0.39, 0.29) is 12.4 Å². The maximum absolute atomic E-state index is 5.05. The minimum atomic E-state index is -0.112. The molecule has 0 aromatic heterocycles. The van der Waals surface area contributed by atoms with Crippen molar-refractivity contribution in [3.05, 3.63) is 0 Å². The molecule has 0 aromatic carbocycles. The van der Waals surface area contributed by atoms with E-state index in [4.69, 9.17) is 9.47 Å². The number of nitrogens with zero attached hydrogens (tertiary/aromatic N) is 1. The van der Waals surface area contributed by atoms with Gasteiger partial charge in [-0.3, -0.25) is 0 Å². The van der Waals surface area contributed by atoms with E-state index in [1.54, 1.807) is 7.11 Å². The van der Waals surface area contributed by atoms with Gasteiger partial charge in [-0.1, -0.05) is 5.16 Å². The zero-order valence-electron chi connectivity index (χ0n) is 6.33. The third kappa shape index (κ3) is 1.46. The Balaban J connectivity index is 2.32. The Morgan fingerprint density at radius 2 is 2.20 bits per heavy atom. The van der Waals surface area contributed by atoms with Gasteiger partial charge >= 0.3 is 0 Å². The third-order valence-corrected chi connectivity index (χ3v) is 1.33. The third-order valence-electron chi connectivity index (χ3n) is 1.33. The summed E-state index contributed by atoms with van der Waals surface area (Å²) in [5.74, 6) is 0. The summed E-state index contributed by atoms with van der Waals surface area (Å²) in [6.07, 6.45) is -0.108. The first kappa shape index (κ1) is 7.50.